The third kappa shape index (κ3) is 3.29. The molecule has 1 unspecified atom stereocenters. The van der Waals surface area contributed by atoms with E-state index in [0.29, 0.717) is 0 Å². The van der Waals surface area contributed by atoms with Crippen molar-refractivity contribution in [3.8, 4) is 5.75 Å². The Balaban J connectivity index is 2.12. The molecule has 1 aliphatic rings. The average molecular weight is 269 g/mol. The van der Waals surface area contributed by atoms with Crippen LogP contribution in [0.2, 0.25) is 0 Å². The molecule has 1 aromatic carbocycles. The third-order valence-corrected chi connectivity index (χ3v) is 3.39. The number of carbonyl (C=O) groups is 1. The molecule has 0 bridgehead atoms. The van der Waals surface area contributed by atoms with Gasteiger partial charge in [-0.1, -0.05) is 6.42 Å². The summed E-state index contributed by atoms with van der Waals surface area (Å²) in [4.78, 5) is 12.0. The first-order valence-electron chi connectivity index (χ1n) is 6.41. The third-order valence-electron chi connectivity index (χ3n) is 3.39. The highest BCUT2D eigenvalue weighted by atomic mass is 19.1. The SMILES string of the molecule is COc1cc(F)c(C(=O)CC2CCCCN2)cc1F. The Hall–Kier alpha value is -1.49. The van der Waals surface area contributed by atoms with Crippen LogP contribution in [-0.2, 0) is 0 Å². The lowest BCUT2D eigenvalue weighted by Crippen LogP contribution is -2.35. The van der Waals surface area contributed by atoms with Crippen molar-refractivity contribution in [1.29, 1.82) is 0 Å². The Labute approximate surface area is 111 Å². The highest BCUT2D eigenvalue weighted by molar-refractivity contribution is 5.96. The van der Waals surface area contributed by atoms with Gasteiger partial charge in [-0.25, -0.2) is 8.78 Å². The van der Waals surface area contributed by atoms with E-state index < -0.39 is 11.6 Å². The lowest BCUT2D eigenvalue weighted by atomic mass is 9.96. The number of ether oxygens (including phenoxy) is 1. The van der Waals surface area contributed by atoms with Crippen LogP contribution in [0.25, 0.3) is 0 Å². The number of methoxy groups -OCH3 is 1. The van der Waals surface area contributed by atoms with Crippen LogP contribution >= 0.6 is 0 Å². The monoisotopic (exact) mass is 269 g/mol. The number of nitrogens with one attached hydrogen (secondary N) is 1. The molecule has 0 radical (unpaired) electrons. The number of hydrogen-bond donors (Lipinski definition) is 1. The van der Waals surface area contributed by atoms with Crippen molar-refractivity contribution in [3.05, 3.63) is 29.3 Å². The minimum Gasteiger partial charge on any atom is -0.494 e. The summed E-state index contributed by atoms with van der Waals surface area (Å²) < 4.78 is 31.9. The molecule has 1 atom stereocenters. The van der Waals surface area contributed by atoms with Gasteiger partial charge in [-0.05, 0) is 25.5 Å². The van der Waals surface area contributed by atoms with Crippen LogP contribution < -0.4 is 10.1 Å². The van der Waals surface area contributed by atoms with E-state index in [9.17, 15) is 13.6 Å². The molecular formula is C14H17F2NO2. The summed E-state index contributed by atoms with van der Waals surface area (Å²) in [7, 11) is 1.26. The van der Waals surface area contributed by atoms with Crippen LogP contribution in [-0.4, -0.2) is 25.5 Å². The molecule has 1 aliphatic heterocycles. The maximum Gasteiger partial charge on any atom is 0.167 e. The molecule has 0 spiro atoms. The Morgan fingerprint density at radius 2 is 2.16 bits per heavy atom. The molecule has 0 saturated carbocycles. The van der Waals surface area contributed by atoms with Crippen molar-refractivity contribution >= 4 is 5.78 Å². The van der Waals surface area contributed by atoms with Crippen LogP contribution in [0.5, 0.6) is 5.75 Å². The number of Topliss-reactive ketones (excluding diaryl/α,β-unsaturated/α-hetero) is 1. The van der Waals surface area contributed by atoms with Gasteiger partial charge in [-0.2, -0.15) is 0 Å². The largest absolute Gasteiger partial charge is 0.494 e. The fourth-order valence-corrected chi connectivity index (χ4v) is 2.33. The number of piperidine rings is 1. The van der Waals surface area contributed by atoms with E-state index in [-0.39, 0.29) is 29.6 Å². The summed E-state index contributed by atoms with van der Waals surface area (Å²) >= 11 is 0. The van der Waals surface area contributed by atoms with Gasteiger partial charge in [-0.3, -0.25) is 4.79 Å². The standard InChI is InChI=1S/C14H17F2NO2/c1-19-14-8-11(15)10(7-12(14)16)13(18)6-9-4-2-3-5-17-9/h7-9,17H,2-6H2,1H3. The summed E-state index contributed by atoms with van der Waals surface area (Å²) in [6.45, 7) is 0.872. The lowest BCUT2D eigenvalue weighted by Gasteiger charge is -2.22. The molecule has 1 heterocycles. The van der Waals surface area contributed by atoms with Crippen molar-refractivity contribution in [1.82, 2.24) is 5.32 Å². The topological polar surface area (TPSA) is 38.3 Å². The fourth-order valence-electron chi connectivity index (χ4n) is 2.33. The van der Waals surface area contributed by atoms with E-state index in [0.717, 1.165) is 37.9 Å². The molecule has 1 aromatic rings. The van der Waals surface area contributed by atoms with E-state index in [1.807, 2.05) is 0 Å². The van der Waals surface area contributed by atoms with Gasteiger partial charge in [0.05, 0.1) is 12.7 Å². The van der Waals surface area contributed by atoms with Crippen molar-refractivity contribution in [2.24, 2.45) is 0 Å². The average Bonchev–Trinajstić information content (AvgIpc) is 2.42. The van der Waals surface area contributed by atoms with E-state index in [1.54, 1.807) is 0 Å². The fraction of sp³-hybridized carbons (Fsp3) is 0.500. The van der Waals surface area contributed by atoms with Crippen LogP contribution in [0.3, 0.4) is 0 Å². The molecule has 5 heteroatoms. The predicted octanol–water partition coefficient (Wildman–Crippen LogP) is 2.69. The van der Waals surface area contributed by atoms with Crippen LogP contribution in [0, 0.1) is 11.6 Å². The lowest BCUT2D eigenvalue weighted by molar-refractivity contribution is 0.0959. The summed E-state index contributed by atoms with van der Waals surface area (Å²) in [5, 5.41) is 3.21. The van der Waals surface area contributed by atoms with E-state index in [1.165, 1.54) is 7.11 Å². The first kappa shape index (κ1) is 13.9. The predicted molar refractivity (Wildman–Crippen MR) is 67.5 cm³/mol. The maximum atomic E-state index is 13.7. The minimum atomic E-state index is -0.737. The van der Waals surface area contributed by atoms with Crippen molar-refractivity contribution < 1.29 is 18.3 Å². The molecular weight excluding hydrogens is 252 g/mol. The number of ketones is 1. The summed E-state index contributed by atoms with van der Waals surface area (Å²) in [6, 6.07) is 1.89. The highest BCUT2D eigenvalue weighted by Gasteiger charge is 2.21. The smallest absolute Gasteiger partial charge is 0.167 e. The number of carbonyl (C=O) groups excluding carboxylic acids is 1. The molecule has 0 amide bonds. The van der Waals surface area contributed by atoms with E-state index in [2.05, 4.69) is 10.1 Å². The number of benzene rings is 1. The van der Waals surface area contributed by atoms with Gasteiger partial charge in [0.2, 0.25) is 0 Å². The Kier molecular flexibility index (Phi) is 4.47. The molecule has 1 fully saturated rings. The molecule has 3 nitrogen and oxygen atoms in total. The van der Waals surface area contributed by atoms with Gasteiger partial charge < -0.3 is 10.1 Å². The van der Waals surface area contributed by atoms with Gasteiger partial charge in [0, 0.05) is 18.5 Å². The van der Waals surface area contributed by atoms with Gasteiger partial charge in [0.1, 0.15) is 5.82 Å². The number of hydrogen-bond acceptors (Lipinski definition) is 3. The van der Waals surface area contributed by atoms with Gasteiger partial charge in [0.15, 0.2) is 17.3 Å². The van der Waals surface area contributed by atoms with Crippen LogP contribution in [0.1, 0.15) is 36.0 Å². The number of halogens is 2. The van der Waals surface area contributed by atoms with Crippen LogP contribution in [0.4, 0.5) is 8.78 Å². The molecule has 1 N–H and O–H groups in total. The molecule has 2 rings (SSSR count). The number of rotatable bonds is 4. The van der Waals surface area contributed by atoms with Crippen molar-refractivity contribution in [3.63, 3.8) is 0 Å². The zero-order valence-corrected chi connectivity index (χ0v) is 10.8. The van der Waals surface area contributed by atoms with Crippen molar-refractivity contribution in [2.75, 3.05) is 13.7 Å². The minimum absolute atomic E-state index is 0.0609. The quantitative estimate of drug-likeness (QED) is 0.854. The zero-order valence-electron chi connectivity index (χ0n) is 10.8. The zero-order chi connectivity index (χ0) is 13.8. The summed E-state index contributed by atoms with van der Waals surface area (Å²) in [5.41, 5.74) is -0.203. The summed E-state index contributed by atoms with van der Waals surface area (Å²) in [5.74, 6) is -2.02. The normalized spacial score (nSPS) is 19.2. The van der Waals surface area contributed by atoms with Crippen molar-refractivity contribution in [2.45, 2.75) is 31.7 Å². The van der Waals surface area contributed by atoms with E-state index in [4.69, 9.17) is 0 Å². The van der Waals surface area contributed by atoms with Crippen LogP contribution in [0.15, 0.2) is 12.1 Å². The van der Waals surface area contributed by atoms with E-state index >= 15 is 0 Å². The van der Waals surface area contributed by atoms with Gasteiger partial charge >= 0.3 is 0 Å². The Bertz CT molecular complexity index is 471. The molecule has 104 valence electrons. The first-order valence-corrected chi connectivity index (χ1v) is 6.41. The Morgan fingerprint density at radius 3 is 2.79 bits per heavy atom. The first-order chi connectivity index (χ1) is 9.11. The molecule has 19 heavy (non-hydrogen) atoms. The Morgan fingerprint density at radius 1 is 1.37 bits per heavy atom. The van der Waals surface area contributed by atoms with Gasteiger partial charge in [-0.15, -0.1) is 0 Å². The second kappa shape index (κ2) is 6.10. The maximum absolute atomic E-state index is 13.7. The molecule has 1 saturated heterocycles. The van der Waals surface area contributed by atoms with Gasteiger partial charge in [0.25, 0.3) is 0 Å². The summed E-state index contributed by atoms with van der Waals surface area (Å²) in [6.07, 6.45) is 3.25. The molecule has 0 aliphatic carbocycles. The molecule has 0 aromatic heterocycles. The second-order valence-corrected chi connectivity index (χ2v) is 4.74. The second-order valence-electron chi connectivity index (χ2n) is 4.74. The highest BCUT2D eigenvalue weighted by Crippen LogP contribution is 2.23.